The average Bonchev–Trinajstić information content (AvgIpc) is 3.12. The first-order valence-corrected chi connectivity index (χ1v) is 10.8. The van der Waals surface area contributed by atoms with Crippen molar-refractivity contribution in [3.8, 4) is 11.4 Å². The number of nitrogens with zero attached hydrogens (tertiary/aromatic N) is 3. The van der Waals surface area contributed by atoms with Crippen LogP contribution in [-0.2, 0) is 11.0 Å². The van der Waals surface area contributed by atoms with Gasteiger partial charge in [-0.2, -0.15) is 13.2 Å². The van der Waals surface area contributed by atoms with Gasteiger partial charge < -0.3 is 9.84 Å². The highest BCUT2D eigenvalue weighted by Crippen LogP contribution is 2.52. The number of carbonyl (C=O) groups is 1. The van der Waals surface area contributed by atoms with E-state index in [2.05, 4.69) is 10.2 Å². The molecule has 168 valence electrons. The fourth-order valence-electron chi connectivity index (χ4n) is 3.84. The van der Waals surface area contributed by atoms with Gasteiger partial charge in [0.25, 0.3) is 0 Å². The summed E-state index contributed by atoms with van der Waals surface area (Å²) < 4.78 is 47.7. The van der Waals surface area contributed by atoms with E-state index in [1.54, 1.807) is 18.2 Å². The van der Waals surface area contributed by atoms with Crippen LogP contribution < -0.4 is 4.74 Å². The average molecular weight is 484 g/mol. The maximum absolute atomic E-state index is 13.8. The van der Waals surface area contributed by atoms with Crippen LogP contribution in [0.2, 0.25) is 5.02 Å². The van der Waals surface area contributed by atoms with E-state index in [0.29, 0.717) is 16.3 Å². The smallest absolute Gasteiger partial charge is 0.452 e. The molecule has 0 spiro atoms. The summed E-state index contributed by atoms with van der Waals surface area (Å²) >= 11 is 7.44. The van der Waals surface area contributed by atoms with Crippen LogP contribution in [0.5, 0.6) is 5.75 Å². The first-order chi connectivity index (χ1) is 15.1. The van der Waals surface area contributed by atoms with Gasteiger partial charge in [-0.1, -0.05) is 23.7 Å². The molecule has 2 aromatic carbocycles. The molecular weight excluding hydrogens is 467 g/mol. The van der Waals surface area contributed by atoms with E-state index in [0.717, 1.165) is 15.7 Å². The van der Waals surface area contributed by atoms with E-state index in [9.17, 15) is 23.1 Å². The summed E-state index contributed by atoms with van der Waals surface area (Å²) in [5.74, 6) is -1.83. The second-order valence-corrected chi connectivity index (χ2v) is 8.94. The van der Waals surface area contributed by atoms with Gasteiger partial charge >= 0.3 is 12.1 Å². The number of aliphatic carboxylic acids is 1. The van der Waals surface area contributed by atoms with E-state index in [-0.39, 0.29) is 11.5 Å². The van der Waals surface area contributed by atoms with Crippen LogP contribution in [0.25, 0.3) is 5.69 Å². The fourth-order valence-corrected chi connectivity index (χ4v) is 5.60. The number of aromatic nitrogens is 3. The molecule has 1 aliphatic heterocycles. The summed E-state index contributed by atoms with van der Waals surface area (Å²) in [7, 11) is 1.53. The SMILES string of the molecule is COc1cccc([C@@H]2S[C@@H](CC(=O)O)c3nnc(C(F)(F)F)n3-c3ccc(Cl)cc32)c1C. The fraction of sp³-hybridized carbons (Fsp3) is 0.286. The van der Waals surface area contributed by atoms with Gasteiger partial charge in [0.2, 0.25) is 5.82 Å². The van der Waals surface area contributed by atoms with E-state index in [1.807, 2.05) is 13.0 Å². The Morgan fingerprint density at radius 1 is 1.25 bits per heavy atom. The Bertz CT molecular complexity index is 1200. The van der Waals surface area contributed by atoms with Crippen LogP contribution in [-0.4, -0.2) is 33.0 Å². The molecule has 0 saturated heterocycles. The third-order valence-electron chi connectivity index (χ3n) is 5.23. The highest BCUT2D eigenvalue weighted by atomic mass is 35.5. The van der Waals surface area contributed by atoms with E-state index in [1.165, 1.54) is 31.0 Å². The van der Waals surface area contributed by atoms with E-state index in [4.69, 9.17) is 16.3 Å². The lowest BCUT2D eigenvalue weighted by molar-refractivity contribution is -0.146. The molecule has 4 rings (SSSR count). The van der Waals surface area contributed by atoms with Crippen LogP contribution in [0.3, 0.4) is 0 Å². The predicted molar refractivity (Wildman–Crippen MR) is 114 cm³/mol. The number of fused-ring (bicyclic) bond motifs is 3. The summed E-state index contributed by atoms with van der Waals surface area (Å²) in [4.78, 5) is 11.6. The molecule has 0 aliphatic carbocycles. The normalized spacial score (nSPS) is 17.9. The number of carboxylic acid groups (broad SMARTS) is 1. The molecule has 2 heterocycles. The minimum absolute atomic E-state index is 0.0728. The number of ether oxygens (including phenoxy) is 1. The van der Waals surface area contributed by atoms with Gasteiger partial charge in [0.15, 0.2) is 5.82 Å². The quantitative estimate of drug-likeness (QED) is 0.520. The van der Waals surface area contributed by atoms with Crippen molar-refractivity contribution in [2.24, 2.45) is 0 Å². The lowest BCUT2D eigenvalue weighted by Gasteiger charge is -2.23. The minimum Gasteiger partial charge on any atom is -0.496 e. The Balaban J connectivity index is 2.03. The summed E-state index contributed by atoms with van der Waals surface area (Å²) in [6.45, 7) is 1.84. The van der Waals surface area contributed by atoms with Crippen molar-refractivity contribution in [3.63, 3.8) is 0 Å². The molecule has 32 heavy (non-hydrogen) atoms. The molecule has 6 nitrogen and oxygen atoms in total. The Kier molecular flexibility index (Phi) is 5.85. The van der Waals surface area contributed by atoms with Crippen LogP contribution >= 0.6 is 23.4 Å². The Labute approximate surface area is 190 Å². The van der Waals surface area contributed by atoms with Gasteiger partial charge in [-0.25, -0.2) is 0 Å². The van der Waals surface area contributed by atoms with Crippen molar-refractivity contribution in [1.82, 2.24) is 14.8 Å². The summed E-state index contributed by atoms with van der Waals surface area (Å²) in [5, 5.41) is 15.5. The molecule has 3 aromatic rings. The number of methoxy groups -OCH3 is 1. The minimum atomic E-state index is -4.79. The largest absolute Gasteiger partial charge is 0.496 e. The Morgan fingerprint density at radius 3 is 2.66 bits per heavy atom. The van der Waals surface area contributed by atoms with Crippen molar-refractivity contribution in [2.45, 2.75) is 30.0 Å². The predicted octanol–water partition coefficient (Wildman–Crippen LogP) is 5.61. The molecular formula is C21H17ClF3N3O3S. The molecule has 0 saturated carbocycles. The standard InChI is InChI=1S/C21H17ClF3N3O3S/c1-10-12(4-3-5-15(10)31-2)18-13-8-11(22)6-7-14(13)28-19(16(32-18)9-17(29)30)26-27-20(28)21(23,24)25/h3-8,16,18H,9H2,1-2H3,(H,29,30)/t16-,18-/m0/s1. The van der Waals surface area contributed by atoms with Crippen molar-refractivity contribution in [3.05, 3.63) is 69.8 Å². The molecule has 2 atom stereocenters. The highest BCUT2D eigenvalue weighted by molar-refractivity contribution is 8.00. The second kappa shape index (κ2) is 8.32. The molecule has 0 radical (unpaired) electrons. The first kappa shape index (κ1) is 22.5. The van der Waals surface area contributed by atoms with Gasteiger partial charge in [0.05, 0.1) is 29.7 Å². The molecule has 1 aliphatic rings. The number of thioether (sulfide) groups is 1. The number of benzene rings is 2. The lowest BCUT2D eigenvalue weighted by atomic mass is 9.97. The van der Waals surface area contributed by atoms with E-state index < -0.39 is 34.9 Å². The highest BCUT2D eigenvalue weighted by Gasteiger charge is 2.43. The third kappa shape index (κ3) is 3.93. The molecule has 11 heteroatoms. The van der Waals surface area contributed by atoms with Crippen molar-refractivity contribution in [2.75, 3.05) is 7.11 Å². The maximum Gasteiger partial charge on any atom is 0.452 e. The van der Waals surface area contributed by atoms with Crippen molar-refractivity contribution < 1.29 is 27.8 Å². The Hall–Kier alpha value is -2.72. The molecule has 1 N–H and O–H groups in total. The van der Waals surface area contributed by atoms with Crippen LogP contribution in [0.1, 0.15) is 45.3 Å². The van der Waals surface area contributed by atoms with Gasteiger partial charge in [0.1, 0.15) is 5.75 Å². The maximum atomic E-state index is 13.8. The molecule has 0 bridgehead atoms. The number of halogens is 4. The third-order valence-corrected chi connectivity index (χ3v) is 6.95. The number of rotatable bonds is 4. The van der Waals surface area contributed by atoms with Crippen molar-refractivity contribution >= 4 is 29.3 Å². The van der Waals surface area contributed by atoms with Crippen LogP contribution in [0.4, 0.5) is 13.2 Å². The number of hydrogen-bond acceptors (Lipinski definition) is 5. The number of alkyl halides is 3. The monoisotopic (exact) mass is 483 g/mol. The van der Waals surface area contributed by atoms with Gasteiger partial charge in [0, 0.05) is 5.02 Å². The second-order valence-electron chi connectivity index (χ2n) is 7.20. The molecule has 0 fully saturated rings. The zero-order valence-electron chi connectivity index (χ0n) is 16.9. The van der Waals surface area contributed by atoms with Gasteiger partial charge in [-0.15, -0.1) is 22.0 Å². The zero-order chi connectivity index (χ0) is 23.2. The van der Waals surface area contributed by atoms with Crippen LogP contribution in [0, 0.1) is 6.92 Å². The molecule has 1 aromatic heterocycles. The molecule has 0 amide bonds. The summed E-state index contributed by atoms with van der Waals surface area (Å²) in [6.07, 6.45) is -5.21. The summed E-state index contributed by atoms with van der Waals surface area (Å²) in [5.41, 5.74) is 2.27. The lowest BCUT2D eigenvalue weighted by Crippen LogP contribution is -2.16. The zero-order valence-corrected chi connectivity index (χ0v) is 18.4. The summed E-state index contributed by atoms with van der Waals surface area (Å²) in [6, 6.07) is 9.97. The van der Waals surface area contributed by atoms with Crippen LogP contribution in [0.15, 0.2) is 36.4 Å². The van der Waals surface area contributed by atoms with Gasteiger partial charge in [-0.05, 0) is 47.9 Å². The number of hydrogen-bond donors (Lipinski definition) is 1. The van der Waals surface area contributed by atoms with Gasteiger partial charge in [-0.3, -0.25) is 9.36 Å². The topological polar surface area (TPSA) is 77.2 Å². The molecule has 0 unspecified atom stereocenters. The first-order valence-electron chi connectivity index (χ1n) is 9.45. The van der Waals surface area contributed by atoms with Crippen molar-refractivity contribution in [1.29, 1.82) is 0 Å². The van der Waals surface area contributed by atoms with E-state index >= 15 is 0 Å². The number of carboxylic acids is 1. The Morgan fingerprint density at radius 2 is 2.00 bits per heavy atom.